The number of carbonyl (C=O) groups is 1. The number of ether oxygens (including phenoxy) is 2. The summed E-state index contributed by atoms with van der Waals surface area (Å²) in [7, 11) is 1.51. The summed E-state index contributed by atoms with van der Waals surface area (Å²) in [5.74, 6) is 0.0379. The van der Waals surface area contributed by atoms with E-state index in [1.807, 2.05) is 0 Å². The number of anilines is 1. The van der Waals surface area contributed by atoms with Crippen molar-refractivity contribution in [2.45, 2.75) is 19.3 Å². The number of benzene rings is 1. The van der Waals surface area contributed by atoms with Crippen LogP contribution in [0.15, 0.2) is 18.2 Å². The number of rotatable bonds is 6. The fraction of sp³-hybridized carbons (Fsp3) is 0.533. The number of carbonyl (C=O) groups excluding carboxylic acids is 1. The Bertz CT molecular complexity index is 456. The van der Waals surface area contributed by atoms with Crippen LogP contribution in [0.5, 0.6) is 5.75 Å². The molecule has 0 unspecified atom stereocenters. The van der Waals surface area contributed by atoms with E-state index in [0.29, 0.717) is 23.6 Å². The molecule has 1 heterocycles. The molecule has 1 fully saturated rings. The number of nitrogens with zero attached hydrogens (tertiary/aromatic N) is 1. The van der Waals surface area contributed by atoms with E-state index in [4.69, 9.17) is 15.2 Å². The molecule has 1 saturated heterocycles. The number of nitrogens with two attached hydrogens (primary N) is 1. The molecule has 5 heteroatoms. The predicted molar refractivity (Wildman–Crippen MR) is 78.0 cm³/mol. The molecule has 0 aliphatic carbocycles. The van der Waals surface area contributed by atoms with Gasteiger partial charge in [-0.2, -0.15) is 0 Å². The van der Waals surface area contributed by atoms with E-state index in [1.54, 1.807) is 18.2 Å². The lowest BCUT2D eigenvalue weighted by Crippen LogP contribution is -2.22. The lowest BCUT2D eigenvalue weighted by molar-refractivity contribution is 0.0488. The summed E-state index contributed by atoms with van der Waals surface area (Å²) in [5, 5.41) is 0. The van der Waals surface area contributed by atoms with Gasteiger partial charge >= 0.3 is 5.97 Å². The average molecular weight is 278 g/mol. The van der Waals surface area contributed by atoms with Gasteiger partial charge < -0.3 is 20.1 Å². The summed E-state index contributed by atoms with van der Waals surface area (Å²) in [6.45, 7) is 3.71. The van der Waals surface area contributed by atoms with Gasteiger partial charge in [-0.3, -0.25) is 0 Å². The topological polar surface area (TPSA) is 64.8 Å². The van der Waals surface area contributed by atoms with E-state index in [-0.39, 0.29) is 0 Å². The van der Waals surface area contributed by atoms with Crippen LogP contribution in [0.25, 0.3) is 0 Å². The number of methoxy groups -OCH3 is 1. The summed E-state index contributed by atoms with van der Waals surface area (Å²) in [6, 6.07) is 5.12. The zero-order chi connectivity index (χ0) is 14.4. The fourth-order valence-electron chi connectivity index (χ4n) is 2.47. The maximum absolute atomic E-state index is 12.0. The quantitative estimate of drug-likeness (QED) is 0.489. The second-order valence-corrected chi connectivity index (χ2v) is 4.96. The van der Waals surface area contributed by atoms with E-state index in [1.165, 1.54) is 20.0 Å². The van der Waals surface area contributed by atoms with Gasteiger partial charge in [0.05, 0.1) is 13.7 Å². The molecule has 1 aromatic carbocycles. The Balaban J connectivity index is 1.82. The molecule has 2 rings (SSSR count). The summed E-state index contributed by atoms with van der Waals surface area (Å²) < 4.78 is 10.4. The second kappa shape index (κ2) is 7.14. The van der Waals surface area contributed by atoms with E-state index >= 15 is 0 Å². The summed E-state index contributed by atoms with van der Waals surface area (Å²) in [4.78, 5) is 14.4. The average Bonchev–Trinajstić information content (AvgIpc) is 2.96. The second-order valence-electron chi connectivity index (χ2n) is 4.96. The van der Waals surface area contributed by atoms with Crippen LogP contribution in [0.1, 0.15) is 29.6 Å². The van der Waals surface area contributed by atoms with Gasteiger partial charge in [-0.15, -0.1) is 0 Å². The summed E-state index contributed by atoms with van der Waals surface area (Å²) in [5.41, 5.74) is 6.51. The molecule has 20 heavy (non-hydrogen) atoms. The van der Waals surface area contributed by atoms with Gasteiger partial charge in [-0.05, 0) is 44.5 Å². The third-order valence-corrected chi connectivity index (χ3v) is 3.53. The van der Waals surface area contributed by atoms with Gasteiger partial charge in [-0.25, -0.2) is 4.79 Å². The van der Waals surface area contributed by atoms with Crippen molar-refractivity contribution in [3.8, 4) is 5.75 Å². The van der Waals surface area contributed by atoms with Crippen molar-refractivity contribution in [3.05, 3.63) is 23.8 Å². The molecule has 1 aromatic rings. The monoisotopic (exact) mass is 278 g/mol. The summed E-state index contributed by atoms with van der Waals surface area (Å²) in [6.07, 6.45) is 3.40. The Kier molecular flexibility index (Phi) is 5.24. The van der Waals surface area contributed by atoms with Crippen LogP contribution in [-0.2, 0) is 4.74 Å². The zero-order valence-electron chi connectivity index (χ0n) is 11.9. The summed E-state index contributed by atoms with van der Waals surface area (Å²) >= 11 is 0. The zero-order valence-corrected chi connectivity index (χ0v) is 11.9. The van der Waals surface area contributed by atoms with Crippen LogP contribution in [0.2, 0.25) is 0 Å². The van der Waals surface area contributed by atoms with Crippen LogP contribution in [-0.4, -0.2) is 44.2 Å². The van der Waals surface area contributed by atoms with Crippen molar-refractivity contribution in [1.29, 1.82) is 0 Å². The Morgan fingerprint density at radius 1 is 1.35 bits per heavy atom. The van der Waals surface area contributed by atoms with Gasteiger partial charge in [0.15, 0.2) is 0 Å². The van der Waals surface area contributed by atoms with Crippen molar-refractivity contribution < 1.29 is 14.3 Å². The highest BCUT2D eigenvalue weighted by molar-refractivity contribution is 5.98. The molecule has 110 valence electrons. The third-order valence-electron chi connectivity index (χ3n) is 3.53. The van der Waals surface area contributed by atoms with Crippen molar-refractivity contribution in [3.63, 3.8) is 0 Å². The molecular formula is C15H22N2O3. The smallest absolute Gasteiger partial charge is 0.344 e. The minimum atomic E-state index is -0.415. The van der Waals surface area contributed by atoms with Crippen LogP contribution in [0.4, 0.5) is 5.69 Å². The first-order valence-corrected chi connectivity index (χ1v) is 7.04. The largest absolute Gasteiger partial charge is 0.496 e. The molecule has 0 saturated carbocycles. The maximum atomic E-state index is 12.0. The van der Waals surface area contributed by atoms with Gasteiger partial charge in [0.1, 0.15) is 11.3 Å². The van der Waals surface area contributed by atoms with Gasteiger partial charge in [-0.1, -0.05) is 6.07 Å². The Morgan fingerprint density at radius 3 is 2.80 bits per heavy atom. The van der Waals surface area contributed by atoms with Crippen molar-refractivity contribution in [1.82, 2.24) is 4.90 Å². The number of likely N-dealkylation sites (tertiary alicyclic amines) is 1. The molecule has 0 bridgehead atoms. The highest BCUT2D eigenvalue weighted by Gasteiger charge is 2.17. The predicted octanol–water partition coefficient (Wildman–Crippen LogP) is 1.92. The molecule has 0 aromatic heterocycles. The first kappa shape index (κ1) is 14.7. The van der Waals surface area contributed by atoms with Crippen LogP contribution >= 0.6 is 0 Å². The highest BCUT2D eigenvalue weighted by atomic mass is 16.5. The molecule has 5 nitrogen and oxygen atoms in total. The Hall–Kier alpha value is -1.75. The van der Waals surface area contributed by atoms with Crippen LogP contribution in [0.3, 0.4) is 0 Å². The number of nitrogen functional groups attached to an aromatic ring is 1. The molecule has 0 spiro atoms. The molecular weight excluding hydrogens is 256 g/mol. The minimum absolute atomic E-state index is 0.316. The maximum Gasteiger partial charge on any atom is 0.344 e. The van der Waals surface area contributed by atoms with Gasteiger partial charge in [0, 0.05) is 12.2 Å². The van der Waals surface area contributed by atoms with E-state index in [0.717, 1.165) is 26.1 Å². The number of hydrogen-bond acceptors (Lipinski definition) is 5. The van der Waals surface area contributed by atoms with E-state index in [2.05, 4.69) is 4.90 Å². The van der Waals surface area contributed by atoms with Gasteiger partial charge in [0.25, 0.3) is 0 Å². The Morgan fingerprint density at radius 2 is 2.10 bits per heavy atom. The van der Waals surface area contributed by atoms with Crippen molar-refractivity contribution in [2.75, 3.05) is 39.1 Å². The minimum Gasteiger partial charge on any atom is -0.496 e. The SMILES string of the molecule is COc1cccc(N)c1C(=O)OCCCN1CCCC1. The Labute approximate surface area is 119 Å². The molecule has 0 radical (unpaired) electrons. The first-order valence-electron chi connectivity index (χ1n) is 7.04. The highest BCUT2D eigenvalue weighted by Crippen LogP contribution is 2.24. The molecule has 1 aliphatic heterocycles. The first-order chi connectivity index (χ1) is 9.72. The van der Waals surface area contributed by atoms with Crippen molar-refractivity contribution >= 4 is 11.7 Å². The standard InChI is InChI=1S/C15H22N2O3/c1-19-13-7-4-6-12(16)14(13)15(18)20-11-5-10-17-8-2-3-9-17/h4,6-7H,2-3,5,8-11,16H2,1H3. The normalized spacial score (nSPS) is 15.2. The molecule has 2 N–H and O–H groups in total. The van der Waals surface area contributed by atoms with E-state index < -0.39 is 5.97 Å². The van der Waals surface area contributed by atoms with E-state index in [9.17, 15) is 4.79 Å². The fourth-order valence-corrected chi connectivity index (χ4v) is 2.47. The van der Waals surface area contributed by atoms with Crippen molar-refractivity contribution in [2.24, 2.45) is 0 Å². The third kappa shape index (κ3) is 3.63. The number of esters is 1. The molecule has 0 atom stereocenters. The lowest BCUT2D eigenvalue weighted by atomic mass is 10.1. The molecule has 0 amide bonds. The van der Waals surface area contributed by atoms with Crippen LogP contribution < -0.4 is 10.5 Å². The number of hydrogen-bond donors (Lipinski definition) is 1. The molecule has 1 aliphatic rings. The lowest BCUT2D eigenvalue weighted by Gasteiger charge is -2.14. The van der Waals surface area contributed by atoms with Crippen LogP contribution in [0, 0.1) is 0 Å². The van der Waals surface area contributed by atoms with Gasteiger partial charge in [0.2, 0.25) is 0 Å².